The first-order valence-electron chi connectivity index (χ1n) is 3.51. The minimum Gasteiger partial charge on any atom is -0.481 e. The number of aliphatic carboxylic acids is 1. The fourth-order valence-corrected chi connectivity index (χ4v) is 1.55. The van der Waals surface area contributed by atoms with Crippen LogP contribution >= 0.6 is 11.3 Å². The molecule has 4 nitrogen and oxygen atoms in total. The van der Waals surface area contributed by atoms with E-state index in [0.717, 1.165) is 5.01 Å². The summed E-state index contributed by atoms with van der Waals surface area (Å²) in [6.45, 7) is 1.82. The molecule has 0 aliphatic rings. The lowest BCUT2D eigenvalue weighted by atomic mass is 10.3. The van der Waals surface area contributed by atoms with Crippen molar-refractivity contribution in [2.24, 2.45) is 5.73 Å². The van der Waals surface area contributed by atoms with Gasteiger partial charge >= 0.3 is 5.97 Å². The number of nitrogens with two attached hydrogens (primary N) is 1. The number of hydrogen-bond donors (Lipinski definition) is 2. The highest BCUT2D eigenvalue weighted by molar-refractivity contribution is 7.09. The smallest absolute Gasteiger partial charge is 0.309 e. The Morgan fingerprint density at radius 1 is 1.92 bits per heavy atom. The number of hydrogen-bond acceptors (Lipinski definition) is 4. The molecule has 12 heavy (non-hydrogen) atoms. The van der Waals surface area contributed by atoms with Crippen molar-refractivity contribution in [2.45, 2.75) is 19.4 Å². The predicted octanol–water partition coefficient (Wildman–Crippen LogP) is 0.790. The number of rotatable bonds is 3. The van der Waals surface area contributed by atoms with Crippen molar-refractivity contribution in [3.63, 3.8) is 0 Å². The molecule has 1 heterocycles. The SMILES string of the molecule is CC(N)c1nc(CC(=O)O)cs1. The Balaban J connectivity index is 2.70. The van der Waals surface area contributed by atoms with Crippen LogP contribution in [0.5, 0.6) is 0 Å². The summed E-state index contributed by atoms with van der Waals surface area (Å²) >= 11 is 1.40. The molecule has 0 aliphatic heterocycles. The highest BCUT2D eigenvalue weighted by Gasteiger charge is 2.08. The molecule has 0 spiro atoms. The number of carbonyl (C=O) groups is 1. The lowest BCUT2D eigenvalue weighted by molar-refractivity contribution is -0.136. The van der Waals surface area contributed by atoms with Gasteiger partial charge in [-0.05, 0) is 6.92 Å². The summed E-state index contributed by atoms with van der Waals surface area (Å²) in [7, 11) is 0. The van der Waals surface area contributed by atoms with Crippen LogP contribution in [0.1, 0.15) is 23.7 Å². The van der Waals surface area contributed by atoms with E-state index in [2.05, 4.69) is 4.98 Å². The van der Waals surface area contributed by atoms with Gasteiger partial charge in [0, 0.05) is 5.38 Å². The lowest BCUT2D eigenvalue weighted by Gasteiger charge is -1.96. The van der Waals surface area contributed by atoms with Gasteiger partial charge in [-0.25, -0.2) is 4.98 Å². The monoisotopic (exact) mass is 186 g/mol. The number of thiazole rings is 1. The van der Waals surface area contributed by atoms with Crippen LogP contribution in [0.15, 0.2) is 5.38 Å². The third-order valence-corrected chi connectivity index (χ3v) is 2.39. The van der Waals surface area contributed by atoms with Crippen molar-refractivity contribution >= 4 is 17.3 Å². The molecule has 1 unspecified atom stereocenters. The topological polar surface area (TPSA) is 76.2 Å². The van der Waals surface area contributed by atoms with Crippen molar-refractivity contribution in [3.8, 4) is 0 Å². The Bertz CT molecular complexity index is 283. The summed E-state index contributed by atoms with van der Waals surface area (Å²) in [5.74, 6) is -0.864. The number of carboxylic acid groups (broad SMARTS) is 1. The van der Waals surface area contributed by atoms with E-state index in [1.807, 2.05) is 6.92 Å². The molecule has 0 radical (unpaired) electrons. The van der Waals surface area contributed by atoms with E-state index in [0.29, 0.717) is 5.69 Å². The molecule has 0 fully saturated rings. The molecule has 0 amide bonds. The molecular weight excluding hydrogens is 176 g/mol. The molecule has 0 bridgehead atoms. The number of aromatic nitrogens is 1. The molecule has 3 N–H and O–H groups in total. The molecule has 0 saturated carbocycles. The maximum atomic E-state index is 10.3. The van der Waals surface area contributed by atoms with Gasteiger partial charge in [-0.2, -0.15) is 0 Å². The van der Waals surface area contributed by atoms with Gasteiger partial charge in [-0.15, -0.1) is 11.3 Å². The van der Waals surface area contributed by atoms with E-state index < -0.39 is 5.97 Å². The average molecular weight is 186 g/mol. The second kappa shape index (κ2) is 3.64. The normalized spacial score (nSPS) is 12.8. The zero-order chi connectivity index (χ0) is 9.14. The van der Waals surface area contributed by atoms with Crippen molar-refractivity contribution < 1.29 is 9.90 Å². The van der Waals surface area contributed by atoms with E-state index in [1.54, 1.807) is 5.38 Å². The molecule has 5 heteroatoms. The van der Waals surface area contributed by atoms with Gasteiger partial charge in [0.1, 0.15) is 5.01 Å². The second-order valence-corrected chi connectivity index (χ2v) is 3.43. The van der Waals surface area contributed by atoms with Crippen LogP contribution in [0, 0.1) is 0 Å². The summed E-state index contributed by atoms with van der Waals surface area (Å²) < 4.78 is 0. The first kappa shape index (κ1) is 9.15. The van der Waals surface area contributed by atoms with E-state index >= 15 is 0 Å². The van der Waals surface area contributed by atoms with Crippen molar-refractivity contribution in [1.29, 1.82) is 0 Å². The van der Waals surface area contributed by atoms with Gasteiger partial charge < -0.3 is 10.8 Å². The fourth-order valence-electron chi connectivity index (χ4n) is 0.768. The van der Waals surface area contributed by atoms with Gasteiger partial charge in [0.2, 0.25) is 0 Å². The Labute approximate surface area is 74.0 Å². The minimum absolute atomic E-state index is 0.0246. The maximum Gasteiger partial charge on any atom is 0.309 e. The average Bonchev–Trinajstić information content (AvgIpc) is 2.34. The van der Waals surface area contributed by atoms with Gasteiger partial charge in [-0.3, -0.25) is 4.79 Å². The minimum atomic E-state index is -0.864. The van der Waals surface area contributed by atoms with E-state index in [4.69, 9.17) is 10.8 Å². The molecule has 0 aromatic carbocycles. The maximum absolute atomic E-state index is 10.3. The van der Waals surface area contributed by atoms with Crippen molar-refractivity contribution in [2.75, 3.05) is 0 Å². The molecule has 0 saturated heterocycles. The summed E-state index contributed by atoms with van der Waals surface area (Å²) in [5, 5.41) is 11.0. The van der Waals surface area contributed by atoms with Crippen LogP contribution in [0.25, 0.3) is 0 Å². The van der Waals surface area contributed by atoms with Crippen LogP contribution < -0.4 is 5.73 Å². The predicted molar refractivity (Wildman–Crippen MR) is 46.1 cm³/mol. The van der Waals surface area contributed by atoms with Crippen molar-refractivity contribution in [3.05, 3.63) is 16.1 Å². The molecular formula is C7H10N2O2S. The zero-order valence-corrected chi connectivity index (χ0v) is 7.47. The van der Waals surface area contributed by atoms with Crippen LogP contribution in [-0.2, 0) is 11.2 Å². The molecule has 0 aliphatic carbocycles. The van der Waals surface area contributed by atoms with E-state index in [-0.39, 0.29) is 12.5 Å². The third kappa shape index (κ3) is 2.28. The summed E-state index contributed by atoms with van der Waals surface area (Å²) in [4.78, 5) is 14.3. The molecule has 1 atom stereocenters. The highest BCUT2D eigenvalue weighted by atomic mass is 32.1. The van der Waals surface area contributed by atoms with Gasteiger partial charge in [0.25, 0.3) is 0 Å². The zero-order valence-electron chi connectivity index (χ0n) is 6.65. The molecule has 1 aromatic rings. The Morgan fingerprint density at radius 2 is 2.58 bits per heavy atom. The van der Waals surface area contributed by atoms with E-state index in [9.17, 15) is 4.79 Å². The number of nitrogens with zero attached hydrogens (tertiary/aromatic N) is 1. The van der Waals surface area contributed by atoms with Crippen LogP contribution in [-0.4, -0.2) is 16.1 Å². The number of carboxylic acids is 1. The Hall–Kier alpha value is -0.940. The quantitative estimate of drug-likeness (QED) is 0.731. The largest absolute Gasteiger partial charge is 0.481 e. The molecule has 1 rings (SSSR count). The Kier molecular flexibility index (Phi) is 2.78. The van der Waals surface area contributed by atoms with Gasteiger partial charge in [0.05, 0.1) is 18.2 Å². The Morgan fingerprint density at radius 3 is 3.00 bits per heavy atom. The second-order valence-electron chi connectivity index (χ2n) is 2.54. The van der Waals surface area contributed by atoms with Crippen LogP contribution in [0.2, 0.25) is 0 Å². The summed E-state index contributed by atoms with van der Waals surface area (Å²) in [6, 6.07) is -0.113. The van der Waals surface area contributed by atoms with Gasteiger partial charge in [0.15, 0.2) is 0 Å². The standard InChI is InChI=1S/C7H10N2O2S/c1-4(8)7-9-5(3-12-7)2-6(10)11/h3-4H,2,8H2,1H3,(H,10,11). The summed E-state index contributed by atoms with van der Waals surface area (Å²) in [6.07, 6.45) is -0.0246. The van der Waals surface area contributed by atoms with E-state index in [1.165, 1.54) is 11.3 Å². The first-order valence-corrected chi connectivity index (χ1v) is 4.39. The third-order valence-electron chi connectivity index (χ3n) is 1.29. The van der Waals surface area contributed by atoms with Crippen LogP contribution in [0.3, 0.4) is 0 Å². The fraction of sp³-hybridized carbons (Fsp3) is 0.429. The lowest BCUT2D eigenvalue weighted by Crippen LogP contribution is -2.05. The summed E-state index contributed by atoms with van der Waals surface area (Å²) in [5.41, 5.74) is 6.14. The molecule has 66 valence electrons. The first-order chi connectivity index (χ1) is 5.59. The highest BCUT2D eigenvalue weighted by Crippen LogP contribution is 2.15. The van der Waals surface area contributed by atoms with Gasteiger partial charge in [-0.1, -0.05) is 0 Å². The van der Waals surface area contributed by atoms with Crippen LogP contribution in [0.4, 0.5) is 0 Å². The van der Waals surface area contributed by atoms with Crippen molar-refractivity contribution in [1.82, 2.24) is 4.98 Å². The molecule has 1 aromatic heterocycles.